The van der Waals surface area contributed by atoms with Gasteiger partial charge in [0, 0.05) is 68.4 Å². The van der Waals surface area contributed by atoms with Crippen LogP contribution in [0.5, 0.6) is 0 Å². The fourth-order valence-corrected chi connectivity index (χ4v) is 13.9. The van der Waals surface area contributed by atoms with Crippen LogP contribution in [0.3, 0.4) is 0 Å². The van der Waals surface area contributed by atoms with E-state index in [0.717, 1.165) is 35.5 Å². The van der Waals surface area contributed by atoms with Crippen molar-refractivity contribution in [1.82, 2.24) is 0 Å². The number of carboxylic acid groups (broad SMARTS) is 2. The average Bonchev–Trinajstić information content (AvgIpc) is 0.763. The smallest absolute Gasteiger partial charge is 0.218 e. The van der Waals surface area contributed by atoms with Crippen molar-refractivity contribution in [3.63, 3.8) is 0 Å². The molecular weight excluding hydrogens is 1460 g/mol. The van der Waals surface area contributed by atoms with Gasteiger partial charge < -0.3 is 132 Å². The second kappa shape index (κ2) is 33.3. The summed E-state index contributed by atoms with van der Waals surface area (Å²) in [5.74, 6) is -7.97. The Kier molecular flexibility index (Phi) is 29.1. The Labute approximate surface area is 535 Å². The number of ether oxygens (including phenoxy) is 17. The Balaban J connectivity index is 1.63. The minimum atomic E-state index is -6.47. The molecule has 5 rings (SSSR count). The molecule has 5 aliphatic heterocycles. The Morgan fingerprint density at radius 1 is 0.309 bits per heavy atom. The number of hydrogen-bond donors (Lipinski definition) is 0. The van der Waals surface area contributed by atoms with Crippen LogP contribution in [0.15, 0.2) is 0 Å². The number of hydrogen-bond acceptors (Lipinski definition) is 47. The summed E-state index contributed by atoms with van der Waals surface area (Å²) in [6.45, 7) is -1.10. The van der Waals surface area contributed by atoms with Gasteiger partial charge in [-0.2, -0.15) is 0 Å². The number of carbonyl (C=O) groups is 2. The Hall–Kier alpha value is -2.57. The lowest BCUT2D eigenvalue weighted by atomic mass is 9.94. The number of carboxylic acids is 2. The van der Waals surface area contributed by atoms with Gasteiger partial charge in [-0.1, -0.05) is 0 Å². The molecule has 94 heavy (non-hydrogen) atoms. The molecule has 5 saturated heterocycles. The van der Waals surface area contributed by atoms with E-state index in [4.69, 9.17) is 80.5 Å². The van der Waals surface area contributed by atoms with Crippen molar-refractivity contribution in [2.45, 2.75) is 166 Å². The normalized spacial score (nSPS) is 37.6. The molecule has 0 bridgehead atoms. The molecule has 5 aliphatic rings. The third kappa shape index (κ3) is 22.7. The van der Waals surface area contributed by atoms with Crippen LogP contribution in [0.2, 0.25) is 0 Å². The summed E-state index contributed by atoms with van der Waals surface area (Å²) in [4.78, 5) is 26.3. The van der Waals surface area contributed by atoms with Crippen LogP contribution in [0, 0.1) is 0 Å². The summed E-state index contributed by atoms with van der Waals surface area (Å²) in [6.07, 6.45) is -62.5. The second-order valence-electron chi connectivity index (χ2n) is 19.8. The summed E-state index contributed by atoms with van der Waals surface area (Å²) >= 11 is 0. The molecule has 5 fully saturated rings. The van der Waals surface area contributed by atoms with Gasteiger partial charge in [0.1, 0.15) is 97.7 Å². The first-order valence-corrected chi connectivity index (χ1v) is 35.6. The van der Waals surface area contributed by atoms with Gasteiger partial charge in [-0.15, -0.1) is 0 Å². The topological polar surface area (TPSA) is 684 Å². The van der Waals surface area contributed by atoms with E-state index in [1.807, 2.05) is 0 Å². The minimum absolute atomic E-state index is 0.677. The van der Waals surface area contributed by atoms with Crippen molar-refractivity contribution >= 4 is 84.2 Å². The number of carbonyl (C=O) groups excluding carboxylic acids is 2. The SMILES string of the molecule is CO[C@H]1O[C@H](CCS(=O)(=O)[O-])[C@@H](O[C@@H]2O[C@@H](C(=O)[O-])[C@@H](O[C@H]3O[C@H](CCS(=O)(=O)[O-])[C@@H](O[C@@H]4O[C@H](C(=O)[O-])[C@@H](O[C@H]5O[C@H](COS(=O)(=O)[O-])[C@@H](OC)[C@H](OC)[C@H]5OC)[C@H](OC)[C@H]4OC)[C@H](OS(=O)(=O)[O-])[C@H]3OS(=O)(=O)[O-])[C@H](OC)[C@H]2OC)[C@H](OS(=O)(=O)[O-])[C@H]1OS(=O)(=O)[O-]. The highest BCUT2D eigenvalue weighted by atomic mass is 32.3. The lowest BCUT2D eigenvalue weighted by molar-refractivity contribution is -0.400. The van der Waals surface area contributed by atoms with Crippen molar-refractivity contribution in [3.05, 3.63) is 0 Å². The van der Waals surface area contributed by atoms with E-state index in [1.54, 1.807) is 0 Å². The first-order chi connectivity index (χ1) is 43.2. The van der Waals surface area contributed by atoms with E-state index in [2.05, 4.69) is 20.9 Å². The minimum Gasteiger partial charge on any atom is -0.748 e. The Morgan fingerprint density at radius 2 is 0.585 bits per heavy atom. The number of aliphatic carboxylic acids is 2. The van der Waals surface area contributed by atoms with Gasteiger partial charge in [-0.3, -0.25) is 20.9 Å². The molecule has 0 saturated carbocycles. The van der Waals surface area contributed by atoms with E-state index in [1.165, 1.54) is 0 Å². The zero-order valence-electron chi connectivity index (χ0n) is 49.0. The van der Waals surface area contributed by atoms with E-state index in [0.29, 0.717) is 21.3 Å². The summed E-state index contributed by atoms with van der Waals surface area (Å²) in [7, 11) is -34.5. The molecule has 0 aromatic heterocycles. The van der Waals surface area contributed by atoms with Crippen LogP contribution in [0.25, 0.3) is 0 Å². The Morgan fingerprint density at radius 3 is 0.883 bits per heavy atom. The maximum absolute atomic E-state index is 13.2. The molecule has 0 N–H and O–H groups in total. The quantitative estimate of drug-likeness (QED) is 0.0420. The van der Waals surface area contributed by atoms with Gasteiger partial charge in [0.15, 0.2) is 43.7 Å². The average molecular weight is 1520 g/mol. The summed E-state index contributed by atoms with van der Waals surface area (Å²) in [5, 5.41) is 26.3. The molecule has 54 heteroatoms. The van der Waals surface area contributed by atoms with Gasteiger partial charge in [0.2, 0.25) is 52.0 Å². The molecule has 0 aromatic carbocycles. The molecule has 0 aromatic rings. The molecular formula is C40H59O47S7-9. The Bertz CT molecular complexity index is 3340. The third-order valence-corrected chi connectivity index (χ3v) is 17.9. The van der Waals surface area contributed by atoms with E-state index in [9.17, 15) is 111 Å². The van der Waals surface area contributed by atoms with Crippen LogP contribution in [-0.4, -0.2) is 331 Å². The van der Waals surface area contributed by atoms with Crippen molar-refractivity contribution in [3.8, 4) is 0 Å². The maximum Gasteiger partial charge on any atom is 0.218 e. The van der Waals surface area contributed by atoms with Crippen LogP contribution < -0.4 is 10.2 Å². The molecule has 0 radical (unpaired) electrons. The molecule has 0 spiro atoms. The second-order valence-corrected chi connectivity index (χ2v) is 28.0. The molecule has 47 nitrogen and oxygen atoms in total. The van der Waals surface area contributed by atoms with Crippen LogP contribution in [-0.2, 0) is 183 Å². The van der Waals surface area contributed by atoms with Gasteiger partial charge in [0.05, 0.1) is 51.0 Å². The van der Waals surface area contributed by atoms with Gasteiger partial charge in [0.25, 0.3) is 0 Å². The largest absolute Gasteiger partial charge is 0.748 e. The fourth-order valence-electron chi connectivity index (χ4n) is 10.6. The van der Waals surface area contributed by atoms with E-state index in [-0.39, 0.29) is 0 Å². The third-order valence-electron chi connectivity index (χ3n) is 14.1. The first kappa shape index (κ1) is 82.1. The molecule has 0 amide bonds. The summed E-state index contributed by atoms with van der Waals surface area (Å²) in [5.41, 5.74) is 0. The van der Waals surface area contributed by atoms with Crippen LogP contribution in [0.1, 0.15) is 12.8 Å². The van der Waals surface area contributed by atoms with Crippen molar-refractivity contribution in [2.24, 2.45) is 0 Å². The van der Waals surface area contributed by atoms with E-state index < -0.39 is 269 Å². The van der Waals surface area contributed by atoms with Gasteiger partial charge in [-0.25, -0.2) is 58.9 Å². The predicted molar refractivity (Wildman–Crippen MR) is 268 cm³/mol. The molecule has 0 aliphatic carbocycles. The molecule has 552 valence electrons. The summed E-state index contributed by atoms with van der Waals surface area (Å²) < 4.78 is 372. The highest BCUT2D eigenvalue weighted by Crippen LogP contribution is 2.42. The zero-order valence-corrected chi connectivity index (χ0v) is 54.7. The molecule has 0 unspecified atom stereocenters. The highest BCUT2D eigenvalue weighted by Gasteiger charge is 2.61. The van der Waals surface area contributed by atoms with Gasteiger partial charge in [-0.05, 0) is 12.8 Å². The number of rotatable bonds is 35. The highest BCUT2D eigenvalue weighted by molar-refractivity contribution is 7.86. The van der Waals surface area contributed by atoms with E-state index >= 15 is 0 Å². The zero-order chi connectivity index (χ0) is 71.2. The van der Waals surface area contributed by atoms with Crippen molar-refractivity contribution in [2.75, 3.05) is 75.0 Å². The lowest BCUT2D eigenvalue weighted by Crippen LogP contribution is -2.70. The fraction of sp³-hybridized carbons (Fsp3) is 0.950. The standard InChI is InChI=1S/C40H68O47S7/c1-66-17-16(13-74-90(51,52)53)77-37(29(70-5)20(17)67-2)80-23-21(68-3)30(71-6)39(82-27(23)34(41)42)79-19-15(10-12-89(48,49)50)76-40(33(87-94(63,64)65)26(19)85-92(57,58)59)81-24-22(69-4)31(72-7)38(83-28(24)35(43)44)78-18-14(9-11-88(45,46)47)75-36(73-8)32(86-93(60,61)62)25(18)84-91(54,55)56/h14-33,36-40H,9-13H2,1-8H3,(H,41,42)(H,43,44)(H,45,46,47)(H,48,49,50)(H,51,52,53)(H,54,55,56)(H,57,58,59)(H,60,61,62)(H,63,64,65)/p-9/t14-,15-,16-,17-,18-,19-,20+,21+,22+,23+,24+,25+,26+,27+,28-,29-,30-,31-,32-,33-,36+,37-,38-,39-,40-/m1/s1. The van der Waals surface area contributed by atoms with Gasteiger partial charge >= 0.3 is 0 Å². The molecule has 25 atom stereocenters. The maximum atomic E-state index is 13.2. The monoisotopic (exact) mass is 1520 g/mol. The lowest BCUT2D eigenvalue weighted by Gasteiger charge is -2.52. The van der Waals surface area contributed by atoms with Crippen LogP contribution >= 0.6 is 0 Å². The van der Waals surface area contributed by atoms with Crippen LogP contribution in [0.4, 0.5) is 0 Å². The van der Waals surface area contributed by atoms with Crippen molar-refractivity contribution < 1.29 is 212 Å². The first-order valence-electron chi connectivity index (χ1n) is 25.8. The molecule has 5 heterocycles. The predicted octanol–water partition coefficient (Wildman–Crippen LogP) is -11.9. The summed E-state index contributed by atoms with van der Waals surface area (Å²) in [6, 6.07) is 0. The van der Waals surface area contributed by atoms with Crippen molar-refractivity contribution in [1.29, 1.82) is 0 Å². The number of methoxy groups -OCH3 is 8.